The smallest absolute Gasteiger partial charge is 0.251 e. The van der Waals surface area contributed by atoms with Gasteiger partial charge in [-0.25, -0.2) is 0 Å². The summed E-state index contributed by atoms with van der Waals surface area (Å²) in [5.74, 6) is -0.0850. The molecule has 0 saturated heterocycles. The highest BCUT2D eigenvalue weighted by molar-refractivity contribution is 5.80. The van der Waals surface area contributed by atoms with Crippen LogP contribution in [0.1, 0.15) is 40.5 Å². The number of carbonyl (C=O) groups excluding carboxylic acids is 1. The molecule has 1 atom stereocenters. The van der Waals surface area contributed by atoms with Gasteiger partial charge in [-0.05, 0) is 27.2 Å². The molecule has 0 saturated carbocycles. The quantitative estimate of drug-likeness (QED) is 0.674. The zero-order valence-corrected chi connectivity index (χ0v) is 11.1. The molecule has 0 bridgehead atoms. The van der Waals surface area contributed by atoms with Crippen molar-refractivity contribution in [1.29, 1.82) is 0 Å². The number of ether oxygens (including phenoxy) is 1. The lowest BCUT2D eigenvalue weighted by Gasteiger charge is -2.27. The highest BCUT2D eigenvalue weighted by Crippen LogP contribution is 2.06. The van der Waals surface area contributed by atoms with Crippen LogP contribution in [-0.4, -0.2) is 47.8 Å². The Balaban J connectivity index is 4.02. The summed E-state index contributed by atoms with van der Waals surface area (Å²) in [4.78, 5) is 13.3. The number of likely N-dealkylation sites (N-methyl/N-ethyl adjacent to an activating group) is 1. The molecule has 0 aliphatic heterocycles. The third kappa shape index (κ3) is 6.80. The molecule has 0 aromatic rings. The maximum absolute atomic E-state index is 11.8. The first-order chi connectivity index (χ1) is 7.28. The monoisotopic (exact) mass is 231 g/mol. The van der Waals surface area contributed by atoms with E-state index in [4.69, 9.17) is 4.74 Å². The Labute approximate surface area is 98.6 Å². The van der Waals surface area contributed by atoms with Gasteiger partial charge in [0.05, 0.1) is 5.60 Å². The molecule has 16 heavy (non-hydrogen) atoms. The van der Waals surface area contributed by atoms with E-state index in [1.165, 1.54) is 4.90 Å². The van der Waals surface area contributed by atoms with Crippen molar-refractivity contribution >= 4 is 5.91 Å². The van der Waals surface area contributed by atoms with E-state index in [2.05, 4.69) is 6.92 Å². The van der Waals surface area contributed by atoms with Gasteiger partial charge in [0.15, 0.2) is 0 Å². The van der Waals surface area contributed by atoms with E-state index in [-0.39, 0.29) is 5.91 Å². The van der Waals surface area contributed by atoms with Crippen LogP contribution < -0.4 is 0 Å². The maximum atomic E-state index is 11.8. The van der Waals surface area contributed by atoms with Crippen molar-refractivity contribution in [2.75, 3.05) is 20.2 Å². The SMILES string of the molecule is CCCCOC(C)C(=O)N(C)CC(C)(C)O. The molecule has 0 fully saturated rings. The number of amides is 1. The fourth-order valence-corrected chi connectivity index (χ4v) is 1.44. The summed E-state index contributed by atoms with van der Waals surface area (Å²) >= 11 is 0. The Morgan fingerprint density at radius 1 is 1.50 bits per heavy atom. The largest absolute Gasteiger partial charge is 0.389 e. The minimum atomic E-state index is -0.868. The lowest BCUT2D eigenvalue weighted by atomic mass is 10.1. The van der Waals surface area contributed by atoms with Crippen LogP contribution in [0, 0.1) is 0 Å². The van der Waals surface area contributed by atoms with Crippen LogP contribution in [0.15, 0.2) is 0 Å². The molecule has 1 N–H and O–H groups in total. The molecule has 0 rings (SSSR count). The van der Waals surface area contributed by atoms with Gasteiger partial charge in [0.2, 0.25) is 0 Å². The van der Waals surface area contributed by atoms with E-state index in [1.54, 1.807) is 27.8 Å². The first-order valence-corrected chi connectivity index (χ1v) is 5.87. The molecule has 4 nitrogen and oxygen atoms in total. The normalized spacial score (nSPS) is 13.6. The van der Waals surface area contributed by atoms with Crippen LogP contribution in [0.4, 0.5) is 0 Å². The topological polar surface area (TPSA) is 49.8 Å². The number of nitrogens with zero attached hydrogens (tertiary/aromatic N) is 1. The van der Waals surface area contributed by atoms with Gasteiger partial charge in [0.25, 0.3) is 5.91 Å². The van der Waals surface area contributed by atoms with Gasteiger partial charge in [-0.1, -0.05) is 13.3 Å². The number of hydrogen-bond acceptors (Lipinski definition) is 3. The molecule has 0 spiro atoms. The highest BCUT2D eigenvalue weighted by atomic mass is 16.5. The van der Waals surface area contributed by atoms with Crippen LogP contribution >= 0.6 is 0 Å². The number of carbonyl (C=O) groups is 1. The summed E-state index contributed by atoms with van der Waals surface area (Å²) in [5, 5.41) is 9.60. The third-order valence-electron chi connectivity index (χ3n) is 2.21. The fourth-order valence-electron chi connectivity index (χ4n) is 1.44. The van der Waals surface area contributed by atoms with Crippen LogP contribution in [0.3, 0.4) is 0 Å². The second kappa shape index (κ2) is 6.86. The van der Waals surface area contributed by atoms with Crippen LogP contribution in [0.5, 0.6) is 0 Å². The number of rotatable bonds is 7. The lowest BCUT2D eigenvalue weighted by molar-refractivity contribution is -0.143. The molecule has 96 valence electrons. The molecule has 0 aliphatic rings. The molecule has 1 amide bonds. The zero-order chi connectivity index (χ0) is 12.8. The summed E-state index contributed by atoms with van der Waals surface area (Å²) in [6, 6.07) is 0. The van der Waals surface area contributed by atoms with Crippen molar-refractivity contribution in [2.45, 2.75) is 52.2 Å². The number of unbranched alkanes of at least 4 members (excludes halogenated alkanes) is 1. The average molecular weight is 231 g/mol. The van der Waals surface area contributed by atoms with Gasteiger partial charge < -0.3 is 14.7 Å². The van der Waals surface area contributed by atoms with E-state index in [9.17, 15) is 9.90 Å². The molecule has 0 radical (unpaired) electrons. The van der Waals surface area contributed by atoms with Crippen molar-refractivity contribution in [3.8, 4) is 0 Å². The molecule has 0 aromatic heterocycles. The van der Waals surface area contributed by atoms with Crippen molar-refractivity contribution in [3.63, 3.8) is 0 Å². The molecule has 0 aliphatic carbocycles. The number of hydrogen-bond donors (Lipinski definition) is 1. The van der Waals surface area contributed by atoms with Crippen molar-refractivity contribution in [2.24, 2.45) is 0 Å². The van der Waals surface area contributed by atoms with Crippen molar-refractivity contribution in [3.05, 3.63) is 0 Å². The summed E-state index contributed by atoms with van der Waals surface area (Å²) in [5.41, 5.74) is -0.868. The Hall–Kier alpha value is -0.610. The predicted octanol–water partition coefficient (Wildman–Crippen LogP) is 1.42. The molecule has 4 heteroatoms. The minimum absolute atomic E-state index is 0.0850. The average Bonchev–Trinajstić information content (AvgIpc) is 2.14. The zero-order valence-electron chi connectivity index (χ0n) is 11.1. The maximum Gasteiger partial charge on any atom is 0.251 e. The summed E-state index contributed by atoms with van der Waals surface area (Å²) in [7, 11) is 1.68. The Kier molecular flexibility index (Phi) is 6.60. The van der Waals surface area contributed by atoms with Crippen LogP contribution in [0.25, 0.3) is 0 Å². The summed E-state index contributed by atoms with van der Waals surface area (Å²) in [6.07, 6.45) is 1.59. The molecule has 0 heterocycles. The van der Waals surface area contributed by atoms with Gasteiger partial charge in [0.1, 0.15) is 6.10 Å². The predicted molar refractivity (Wildman–Crippen MR) is 64.3 cm³/mol. The number of aliphatic hydroxyl groups is 1. The Bertz CT molecular complexity index is 211. The first kappa shape index (κ1) is 15.4. The van der Waals surface area contributed by atoms with E-state index in [1.807, 2.05) is 0 Å². The van der Waals surface area contributed by atoms with E-state index >= 15 is 0 Å². The van der Waals surface area contributed by atoms with Gasteiger partial charge >= 0.3 is 0 Å². The lowest BCUT2D eigenvalue weighted by Crippen LogP contribution is -2.44. The van der Waals surface area contributed by atoms with Crippen molar-refractivity contribution < 1.29 is 14.6 Å². The van der Waals surface area contributed by atoms with E-state index in [0.717, 1.165) is 12.8 Å². The summed E-state index contributed by atoms with van der Waals surface area (Å²) < 4.78 is 5.41. The van der Waals surface area contributed by atoms with Crippen LogP contribution in [-0.2, 0) is 9.53 Å². The second-order valence-electron chi connectivity index (χ2n) is 4.87. The Morgan fingerprint density at radius 2 is 2.06 bits per heavy atom. The molecular weight excluding hydrogens is 206 g/mol. The Morgan fingerprint density at radius 3 is 2.50 bits per heavy atom. The van der Waals surface area contributed by atoms with Gasteiger partial charge in [-0.15, -0.1) is 0 Å². The minimum Gasteiger partial charge on any atom is -0.389 e. The summed E-state index contributed by atoms with van der Waals surface area (Å²) in [6.45, 7) is 8.11. The first-order valence-electron chi connectivity index (χ1n) is 5.87. The standard InChI is InChI=1S/C12H25NO3/c1-6-7-8-16-10(2)11(14)13(5)9-12(3,4)15/h10,15H,6-9H2,1-5H3. The second-order valence-corrected chi connectivity index (χ2v) is 4.87. The van der Waals surface area contributed by atoms with E-state index in [0.29, 0.717) is 13.2 Å². The van der Waals surface area contributed by atoms with Crippen LogP contribution in [0.2, 0.25) is 0 Å². The highest BCUT2D eigenvalue weighted by Gasteiger charge is 2.23. The van der Waals surface area contributed by atoms with Gasteiger partial charge in [-0.3, -0.25) is 4.79 Å². The molecular formula is C12H25NO3. The third-order valence-corrected chi connectivity index (χ3v) is 2.21. The van der Waals surface area contributed by atoms with Gasteiger partial charge in [0, 0.05) is 20.2 Å². The van der Waals surface area contributed by atoms with Gasteiger partial charge in [-0.2, -0.15) is 0 Å². The molecule has 0 aromatic carbocycles. The fraction of sp³-hybridized carbons (Fsp3) is 0.917. The van der Waals surface area contributed by atoms with E-state index < -0.39 is 11.7 Å². The van der Waals surface area contributed by atoms with Crippen molar-refractivity contribution in [1.82, 2.24) is 4.90 Å². The molecule has 1 unspecified atom stereocenters.